The summed E-state index contributed by atoms with van der Waals surface area (Å²) in [6.07, 6.45) is 0. The third-order valence-corrected chi connectivity index (χ3v) is 4.76. The number of carbonyl (C=O) groups is 1. The molecule has 2 rings (SSSR count). The van der Waals surface area contributed by atoms with Crippen molar-refractivity contribution in [2.45, 2.75) is 18.7 Å². The van der Waals surface area contributed by atoms with Crippen molar-refractivity contribution in [3.63, 3.8) is 0 Å². The molecule has 0 saturated heterocycles. The van der Waals surface area contributed by atoms with E-state index in [1.54, 1.807) is 13.0 Å². The molecule has 0 atom stereocenters. The van der Waals surface area contributed by atoms with E-state index in [0.29, 0.717) is 36.0 Å². The van der Waals surface area contributed by atoms with Crippen LogP contribution in [0.5, 0.6) is 11.5 Å². The summed E-state index contributed by atoms with van der Waals surface area (Å²) in [4.78, 5) is 11.5. The van der Waals surface area contributed by atoms with E-state index in [9.17, 15) is 13.2 Å². The maximum atomic E-state index is 12.6. The predicted molar refractivity (Wildman–Crippen MR) is 97.4 cm³/mol. The molecule has 0 bridgehead atoms. The number of esters is 1. The van der Waals surface area contributed by atoms with Crippen LogP contribution in [0.3, 0.4) is 0 Å². The average molecular weight is 379 g/mol. The number of rotatable bonds is 8. The molecule has 0 amide bonds. The highest BCUT2D eigenvalue weighted by Gasteiger charge is 2.18. The molecule has 0 aliphatic heterocycles. The van der Waals surface area contributed by atoms with Gasteiger partial charge in [0.1, 0.15) is 0 Å². The van der Waals surface area contributed by atoms with Gasteiger partial charge in [-0.25, -0.2) is 13.2 Å². The van der Waals surface area contributed by atoms with Crippen molar-refractivity contribution in [1.82, 2.24) is 0 Å². The number of methoxy groups -OCH3 is 1. The SMILES string of the molecule is CCOc1ccc(S(=O)(=O)Nc2ccc(C(=O)OC)cc2)cc1OCC. The molecule has 0 aromatic heterocycles. The average Bonchev–Trinajstić information content (AvgIpc) is 2.63. The van der Waals surface area contributed by atoms with Crippen LogP contribution in [0.2, 0.25) is 0 Å². The Morgan fingerprint density at radius 1 is 0.962 bits per heavy atom. The topological polar surface area (TPSA) is 90.9 Å². The van der Waals surface area contributed by atoms with Crippen LogP contribution in [-0.2, 0) is 14.8 Å². The number of hydrogen-bond acceptors (Lipinski definition) is 6. The first kappa shape index (κ1) is 19.6. The molecular formula is C18H21NO6S. The van der Waals surface area contributed by atoms with Crippen LogP contribution in [0, 0.1) is 0 Å². The molecule has 0 heterocycles. The number of sulfonamides is 1. The predicted octanol–water partition coefficient (Wildman–Crippen LogP) is 3.07. The van der Waals surface area contributed by atoms with Crippen LogP contribution in [0.4, 0.5) is 5.69 Å². The van der Waals surface area contributed by atoms with E-state index in [1.165, 1.54) is 43.5 Å². The minimum absolute atomic E-state index is 0.0430. The molecular weight excluding hydrogens is 358 g/mol. The van der Waals surface area contributed by atoms with E-state index in [1.807, 2.05) is 6.92 Å². The summed E-state index contributed by atoms with van der Waals surface area (Å²) in [7, 11) is -2.55. The number of ether oxygens (including phenoxy) is 3. The van der Waals surface area contributed by atoms with Gasteiger partial charge < -0.3 is 14.2 Å². The summed E-state index contributed by atoms with van der Waals surface area (Å²) < 4.78 is 43.2. The van der Waals surface area contributed by atoms with Crippen LogP contribution in [0.15, 0.2) is 47.4 Å². The molecule has 8 heteroatoms. The first-order valence-electron chi connectivity index (χ1n) is 8.02. The van der Waals surface area contributed by atoms with E-state index in [2.05, 4.69) is 9.46 Å². The van der Waals surface area contributed by atoms with Crippen LogP contribution in [0.1, 0.15) is 24.2 Å². The number of carbonyl (C=O) groups excluding carboxylic acids is 1. The number of nitrogens with one attached hydrogen (secondary N) is 1. The standard InChI is InChI=1S/C18H21NO6S/c1-4-24-16-11-10-15(12-17(16)25-5-2)26(21,22)19-14-8-6-13(7-9-14)18(20)23-3/h6-12,19H,4-5H2,1-3H3. The fraction of sp³-hybridized carbons (Fsp3) is 0.278. The highest BCUT2D eigenvalue weighted by Crippen LogP contribution is 2.31. The Balaban J connectivity index is 2.26. The van der Waals surface area contributed by atoms with Crippen LogP contribution < -0.4 is 14.2 Å². The summed E-state index contributed by atoms with van der Waals surface area (Å²) in [5.41, 5.74) is 0.652. The Morgan fingerprint density at radius 3 is 2.15 bits per heavy atom. The fourth-order valence-electron chi connectivity index (χ4n) is 2.20. The lowest BCUT2D eigenvalue weighted by Crippen LogP contribution is -2.13. The molecule has 0 fully saturated rings. The monoisotopic (exact) mass is 379 g/mol. The molecule has 0 aliphatic rings. The highest BCUT2D eigenvalue weighted by atomic mass is 32.2. The van der Waals surface area contributed by atoms with E-state index in [0.717, 1.165) is 0 Å². The summed E-state index contributed by atoms with van der Waals surface area (Å²) >= 11 is 0. The summed E-state index contributed by atoms with van der Waals surface area (Å²) in [6, 6.07) is 10.4. The lowest BCUT2D eigenvalue weighted by molar-refractivity contribution is 0.0600. The van der Waals surface area contributed by atoms with Crippen molar-refractivity contribution in [1.29, 1.82) is 0 Å². The Hall–Kier alpha value is -2.74. The number of anilines is 1. The van der Waals surface area contributed by atoms with Gasteiger partial charge in [-0.1, -0.05) is 0 Å². The summed E-state index contributed by atoms with van der Waals surface area (Å²) in [5.74, 6) is 0.348. The molecule has 0 spiro atoms. The quantitative estimate of drug-likeness (QED) is 0.709. The second kappa shape index (κ2) is 8.57. The summed E-state index contributed by atoms with van der Waals surface area (Å²) in [6.45, 7) is 4.46. The first-order valence-corrected chi connectivity index (χ1v) is 9.50. The zero-order valence-corrected chi connectivity index (χ0v) is 15.6. The molecule has 7 nitrogen and oxygen atoms in total. The number of benzene rings is 2. The van der Waals surface area contributed by atoms with Gasteiger partial charge in [0.2, 0.25) is 0 Å². The van der Waals surface area contributed by atoms with E-state index in [4.69, 9.17) is 9.47 Å². The zero-order chi connectivity index (χ0) is 19.2. The molecule has 26 heavy (non-hydrogen) atoms. The summed E-state index contributed by atoms with van der Waals surface area (Å²) in [5, 5.41) is 0. The Kier molecular flexibility index (Phi) is 6.46. The molecule has 0 aliphatic carbocycles. The number of hydrogen-bond donors (Lipinski definition) is 1. The molecule has 0 saturated carbocycles. The van der Waals surface area contributed by atoms with Gasteiger partial charge in [-0.3, -0.25) is 4.72 Å². The van der Waals surface area contributed by atoms with Gasteiger partial charge in [-0.15, -0.1) is 0 Å². The molecule has 1 N–H and O–H groups in total. The molecule has 2 aromatic carbocycles. The lowest BCUT2D eigenvalue weighted by atomic mass is 10.2. The third-order valence-electron chi connectivity index (χ3n) is 3.38. The van der Waals surface area contributed by atoms with Crippen molar-refractivity contribution in [3.8, 4) is 11.5 Å². The maximum Gasteiger partial charge on any atom is 0.337 e. The van der Waals surface area contributed by atoms with Gasteiger partial charge in [0.05, 0.1) is 30.8 Å². The van der Waals surface area contributed by atoms with Crippen LogP contribution in [0.25, 0.3) is 0 Å². The van der Waals surface area contributed by atoms with Gasteiger partial charge in [-0.05, 0) is 50.2 Å². The third kappa shape index (κ3) is 4.66. The van der Waals surface area contributed by atoms with Gasteiger partial charge in [-0.2, -0.15) is 0 Å². The van der Waals surface area contributed by atoms with Crippen molar-refractivity contribution >= 4 is 21.7 Å². The van der Waals surface area contributed by atoms with Gasteiger partial charge in [0.15, 0.2) is 11.5 Å². The Labute approximate surface area is 152 Å². The minimum atomic E-state index is -3.83. The first-order chi connectivity index (χ1) is 12.4. The van der Waals surface area contributed by atoms with Crippen molar-refractivity contribution in [2.75, 3.05) is 25.0 Å². The lowest BCUT2D eigenvalue weighted by Gasteiger charge is -2.13. The van der Waals surface area contributed by atoms with Crippen molar-refractivity contribution in [2.24, 2.45) is 0 Å². The van der Waals surface area contributed by atoms with E-state index >= 15 is 0 Å². The Morgan fingerprint density at radius 2 is 1.58 bits per heavy atom. The fourth-order valence-corrected chi connectivity index (χ4v) is 3.28. The highest BCUT2D eigenvalue weighted by molar-refractivity contribution is 7.92. The van der Waals surface area contributed by atoms with Crippen LogP contribution in [-0.4, -0.2) is 34.7 Å². The van der Waals surface area contributed by atoms with E-state index in [-0.39, 0.29) is 4.90 Å². The smallest absolute Gasteiger partial charge is 0.337 e. The molecule has 140 valence electrons. The molecule has 0 radical (unpaired) electrons. The van der Waals surface area contributed by atoms with E-state index < -0.39 is 16.0 Å². The normalized spacial score (nSPS) is 10.9. The molecule has 2 aromatic rings. The largest absolute Gasteiger partial charge is 0.490 e. The van der Waals surface area contributed by atoms with Gasteiger partial charge in [0, 0.05) is 11.8 Å². The maximum absolute atomic E-state index is 12.6. The zero-order valence-electron chi connectivity index (χ0n) is 14.8. The van der Waals surface area contributed by atoms with Gasteiger partial charge in [0.25, 0.3) is 10.0 Å². The van der Waals surface area contributed by atoms with Crippen molar-refractivity contribution < 1.29 is 27.4 Å². The second-order valence-corrected chi connectivity index (χ2v) is 6.83. The van der Waals surface area contributed by atoms with Gasteiger partial charge >= 0.3 is 5.97 Å². The minimum Gasteiger partial charge on any atom is -0.490 e. The van der Waals surface area contributed by atoms with Crippen molar-refractivity contribution in [3.05, 3.63) is 48.0 Å². The second-order valence-electron chi connectivity index (χ2n) is 5.15. The molecule has 0 unspecified atom stereocenters. The Bertz CT molecular complexity index is 862. The van der Waals surface area contributed by atoms with Crippen LogP contribution >= 0.6 is 0 Å².